The summed E-state index contributed by atoms with van der Waals surface area (Å²) in [4.78, 5) is 17.0. The quantitative estimate of drug-likeness (QED) is 0.246. The lowest BCUT2D eigenvalue weighted by Gasteiger charge is -2.06. The van der Waals surface area contributed by atoms with Crippen LogP contribution in [0.2, 0.25) is 0 Å². The standard InChI is InChI=1S/C23H23N3O3/c1-3-4-13-28-22-20(26-12-8-9-17(2)21(26)25-22)14-19(15-24)23(27)29-16-18-10-6-5-7-11-18/h5-12,14H,3-4,13,16H2,1-2H3/b19-14-. The molecule has 6 nitrogen and oxygen atoms in total. The van der Waals surface area contributed by atoms with Crippen LogP contribution in [0.4, 0.5) is 0 Å². The van der Waals surface area contributed by atoms with Gasteiger partial charge in [-0.1, -0.05) is 49.7 Å². The van der Waals surface area contributed by atoms with Crippen molar-refractivity contribution in [2.24, 2.45) is 0 Å². The van der Waals surface area contributed by atoms with Crippen LogP contribution in [0.15, 0.2) is 54.2 Å². The molecule has 0 amide bonds. The summed E-state index contributed by atoms with van der Waals surface area (Å²) in [6, 6.07) is 15.1. The minimum absolute atomic E-state index is 0.102. The third-order valence-corrected chi connectivity index (χ3v) is 4.42. The van der Waals surface area contributed by atoms with Gasteiger partial charge in [-0.05, 0) is 36.6 Å². The lowest BCUT2D eigenvalue weighted by molar-refractivity contribution is -0.139. The number of benzene rings is 1. The minimum Gasteiger partial charge on any atom is -0.476 e. The fourth-order valence-electron chi connectivity index (χ4n) is 2.83. The Morgan fingerprint density at radius 1 is 1.24 bits per heavy atom. The van der Waals surface area contributed by atoms with E-state index in [1.165, 1.54) is 6.08 Å². The van der Waals surface area contributed by atoms with Crippen molar-refractivity contribution in [3.05, 3.63) is 71.1 Å². The van der Waals surface area contributed by atoms with Crippen molar-refractivity contribution in [2.45, 2.75) is 33.3 Å². The van der Waals surface area contributed by atoms with Crippen molar-refractivity contribution in [3.63, 3.8) is 0 Å². The maximum absolute atomic E-state index is 12.5. The first-order chi connectivity index (χ1) is 14.1. The van der Waals surface area contributed by atoms with Gasteiger partial charge in [0.25, 0.3) is 0 Å². The van der Waals surface area contributed by atoms with Gasteiger partial charge in [-0.3, -0.25) is 4.40 Å². The molecular formula is C23H23N3O3. The first-order valence-corrected chi connectivity index (χ1v) is 9.57. The summed E-state index contributed by atoms with van der Waals surface area (Å²) in [6.07, 6.45) is 5.19. The molecule has 3 aromatic rings. The lowest BCUT2D eigenvalue weighted by atomic mass is 10.2. The van der Waals surface area contributed by atoms with Crippen molar-refractivity contribution in [3.8, 4) is 11.9 Å². The zero-order valence-corrected chi connectivity index (χ0v) is 16.6. The van der Waals surface area contributed by atoms with Crippen LogP contribution < -0.4 is 4.74 Å². The number of esters is 1. The zero-order valence-electron chi connectivity index (χ0n) is 16.6. The molecule has 0 saturated heterocycles. The Morgan fingerprint density at radius 2 is 2.03 bits per heavy atom. The fraction of sp³-hybridized carbons (Fsp3) is 0.261. The van der Waals surface area contributed by atoms with Gasteiger partial charge in [0, 0.05) is 6.20 Å². The number of rotatable bonds is 8. The summed E-state index contributed by atoms with van der Waals surface area (Å²) < 4.78 is 13.0. The number of nitriles is 1. The van der Waals surface area contributed by atoms with Gasteiger partial charge in [-0.2, -0.15) is 10.2 Å². The molecule has 3 rings (SSSR count). The summed E-state index contributed by atoms with van der Waals surface area (Å²) in [7, 11) is 0. The highest BCUT2D eigenvalue weighted by Gasteiger charge is 2.18. The second-order valence-corrected chi connectivity index (χ2v) is 6.62. The van der Waals surface area contributed by atoms with Crippen molar-refractivity contribution < 1.29 is 14.3 Å². The maximum atomic E-state index is 12.5. The summed E-state index contributed by atoms with van der Waals surface area (Å²) in [5.74, 6) is -0.283. The SMILES string of the molecule is CCCCOc1nc2c(C)cccn2c1/C=C(/C#N)C(=O)OCc1ccccc1. The number of imidazole rings is 1. The predicted octanol–water partition coefficient (Wildman–Crippen LogP) is 4.47. The number of nitrogens with zero attached hydrogens (tertiary/aromatic N) is 3. The number of ether oxygens (including phenoxy) is 2. The predicted molar refractivity (Wildman–Crippen MR) is 110 cm³/mol. The topological polar surface area (TPSA) is 76.6 Å². The molecule has 2 heterocycles. The molecular weight excluding hydrogens is 366 g/mol. The molecule has 0 spiro atoms. The smallest absolute Gasteiger partial charge is 0.349 e. The van der Waals surface area contributed by atoms with Crippen LogP contribution in [0.5, 0.6) is 5.88 Å². The third kappa shape index (κ3) is 4.82. The van der Waals surface area contributed by atoms with Gasteiger partial charge in [0.1, 0.15) is 29.6 Å². The number of unbranched alkanes of at least 4 members (excludes halogenated alkanes) is 1. The van der Waals surface area contributed by atoms with Crippen LogP contribution in [-0.4, -0.2) is 22.0 Å². The number of hydrogen-bond donors (Lipinski definition) is 0. The number of carbonyl (C=O) groups is 1. The second kappa shape index (κ2) is 9.56. The third-order valence-electron chi connectivity index (χ3n) is 4.42. The lowest BCUT2D eigenvalue weighted by Crippen LogP contribution is -2.07. The number of hydrogen-bond acceptors (Lipinski definition) is 5. The monoisotopic (exact) mass is 389 g/mol. The first kappa shape index (κ1) is 20.2. The van der Waals surface area contributed by atoms with E-state index in [9.17, 15) is 10.1 Å². The van der Waals surface area contributed by atoms with Crippen LogP contribution in [0.3, 0.4) is 0 Å². The number of fused-ring (bicyclic) bond motifs is 1. The molecule has 0 N–H and O–H groups in total. The highest BCUT2D eigenvalue weighted by molar-refractivity contribution is 5.98. The van der Waals surface area contributed by atoms with Crippen molar-refractivity contribution in [1.29, 1.82) is 5.26 Å². The summed E-state index contributed by atoms with van der Waals surface area (Å²) >= 11 is 0. The van der Waals surface area contributed by atoms with E-state index < -0.39 is 5.97 Å². The van der Waals surface area contributed by atoms with Gasteiger partial charge in [-0.15, -0.1) is 0 Å². The normalized spacial score (nSPS) is 11.3. The fourth-order valence-corrected chi connectivity index (χ4v) is 2.83. The molecule has 29 heavy (non-hydrogen) atoms. The van der Waals surface area contributed by atoms with Crippen LogP contribution >= 0.6 is 0 Å². The van der Waals surface area contributed by atoms with E-state index in [2.05, 4.69) is 11.9 Å². The molecule has 0 aliphatic heterocycles. The van der Waals surface area contributed by atoms with E-state index in [-0.39, 0.29) is 12.2 Å². The molecule has 6 heteroatoms. The Labute approximate surface area is 170 Å². The van der Waals surface area contributed by atoms with E-state index >= 15 is 0 Å². The molecule has 0 atom stereocenters. The van der Waals surface area contributed by atoms with Crippen LogP contribution in [0, 0.1) is 18.3 Å². The largest absolute Gasteiger partial charge is 0.476 e. The van der Waals surface area contributed by atoms with Gasteiger partial charge in [0.2, 0.25) is 5.88 Å². The van der Waals surface area contributed by atoms with Gasteiger partial charge in [0.15, 0.2) is 0 Å². The molecule has 0 aliphatic carbocycles. The van der Waals surface area contributed by atoms with Crippen molar-refractivity contribution >= 4 is 17.7 Å². The average molecular weight is 389 g/mol. The van der Waals surface area contributed by atoms with E-state index in [1.54, 1.807) is 0 Å². The van der Waals surface area contributed by atoms with Gasteiger partial charge < -0.3 is 9.47 Å². The Kier molecular flexibility index (Phi) is 6.64. The van der Waals surface area contributed by atoms with Gasteiger partial charge >= 0.3 is 5.97 Å². The van der Waals surface area contributed by atoms with E-state index in [1.807, 2.05) is 66.1 Å². The summed E-state index contributed by atoms with van der Waals surface area (Å²) in [5.41, 5.74) is 2.99. The molecule has 0 bridgehead atoms. The maximum Gasteiger partial charge on any atom is 0.349 e. The summed E-state index contributed by atoms with van der Waals surface area (Å²) in [6.45, 7) is 4.64. The number of aromatic nitrogens is 2. The minimum atomic E-state index is -0.682. The molecule has 0 fully saturated rings. The molecule has 0 aliphatic rings. The van der Waals surface area contributed by atoms with E-state index in [0.717, 1.165) is 29.6 Å². The van der Waals surface area contributed by atoms with Crippen molar-refractivity contribution in [1.82, 2.24) is 9.38 Å². The van der Waals surface area contributed by atoms with E-state index in [4.69, 9.17) is 9.47 Å². The van der Waals surface area contributed by atoms with Gasteiger partial charge in [-0.25, -0.2) is 4.79 Å². The Balaban J connectivity index is 1.90. The number of pyridine rings is 1. The van der Waals surface area contributed by atoms with Crippen molar-refractivity contribution in [2.75, 3.05) is 6.61 Å². The molecule has 0 radical (unpaired) electrons. The Morgan fingerprint density at radius 3 is 2.76 bits per heavy atom. The second-order valence-electron chi connectivity index (χ2n) is 6.62. The highest BCUT2D eigenvalue weighted by atomic mass is 16.5. The summed E-state index contributed by atoms with van der Waals surface area (Å²) in [5, 5.41) is 9.53. The van der Waals surface area contributed by atoms with Crippen LogP contribution in [-0.2, 0) is 16.1 Å². The zero-order chi connectivity index (χ0) is 20.6. The number of carbonyl (C=O) groups excluding carboxylic acids is 1. The van der Waals surface area contributed by atoms with Crippen LogP contribution in [0.25, 0.3) is 11.7 Å². The molecule has 0 unspecified atom stereocenters. The van der Waals surface area contributed by atoms with Gasteiger partial charge in [0.05, 0.1) is 6.61 Å². The molecule has 0 saturated carbocycles. The first-order valence-electron chi connectivity index (χ1n) is 9.57. The van der Waals surface area contributed by atoms with Crippen LogP contribution in [0.1, 0.15) is 36.6 Å². The molecule has 1 aromatic carbocycles. The molecule has 148 valence electrons. The average Bonchev–Trinajstić information content (AvgIpc) is 3.10. The van der Waals surface area contributed by atoms with E-state index in [0.29, 0.717) is 18.2 Å². The Hall–Kier alpha value is -3.59. The molecule has 2 aromatic heterocycles. The number of aryl methyl sites for hydroxylation is 1. The highest BCUT2D eigenvalue weighted by Crippen LogP contribution is 2.25. The Bertz CT molecular complexity index is 1060.